The summed E-state index contributed by atoms with van der Waals surface area (Å²) in [5, 5.41) is 7.45. The van der Waals surface area contributed by atoms with E-state index in [9.17, 15) is 9.18 Å². The normalized spacial score (nSPS) is 13.9. The van der Waals surface area contributed by atoms with Gasteiger partial charge < -0.3 is 19.7 Å². The van der Waals surface area contributed by atoms with Gasteiger partial charge in [-0.3, -0.25) is 9.48 Å². The minimum Gasteiger partial charge on any atom is -0.497 e. The highest BCUT2D eigenvalue weighted by molar-refractivity contribution is 5.90. The molecule has 8 heteroatoms. The van der Waals surface area contributed by atoms with Crippen molar-refractivity contribution in [3.8, 4) is 16.9 Å². The molecule has 1 amide bonds. The Morgan fingerprint density at radius 2 is 1.97 bits per heavy atom. The molecule has 156 valence electrons. The van der Waals surface area contributed by atoms with E-state index in [4.69, 9.17) is 9.47 Å². The summed E-state index contributed by atoms with van der Waals surface area (Å²) in [4.78, 5) is 14.6. The van der Waals surface area contributed by atoms with Crippen LogP contribution in [0.25, 0.3) is 11.1 Å². The van der Waals surface area contributed by atoms with Gasteiger partial charge in [0, 0.05) is 30.5 Å². The van der Waals surface area contributed by atoms with Crippen molar-refractivity contribution in [2.75, 3.05) is 43.6 Å². The number of methoxy groups -OCH3 is 1. The van der Waals surface area contributed by atoms with Crippen LogP contribution in [0.4, 0.5) is 15.9 Å². The van der Waals surface area contributed by atoms with Crippen molar-refractivity contribution in [1.82, 2.24) is 9.78 Å². The molecule has 1 saturated heterocycles. The minimum absolute atomic E-state index is 0.0404. The Labute approximate surface area is 174 Å². The number of anilines is 2. The summed E-state index contributed by atoms with van der Waals surface area (Å²) in [5.41, 5.74) is 2.42. The number of ether oxygens (including phenoxy) is 2. The molecule has 2 aromatic carbocycles. The first-order valence-electron chi connectivity index (χ1n) is 9.72. The largest absolute Gasteiger partial charge is 0.497 e. The smallest absolute Gasteiger partial charge is 0.246 e. The first kappa shape index (κ1) is 19.9. The third-order valence-electron chi connectivity index (χ3n) is 4.87. The molecule has 4 rings (SSSR count). The van der Waals surface area contributed by atoms with Crippen LogP contribution >= 0.6 is 0 Å². The molecule has 30 heavy (non-hydrogen) atoms. The van der Waals surface area contributed by atoms with Crippen molar-refractivity contribution >= 4 is 17.4 Å². The number of carbonyl (C=O) groups is 1. The van der Waals surface area contributed by atoms with Gasteiger partial charge in [0.15, 0.2) is 5.82 Å². The van der Waals surface area contributed by atoms with Gasteiger partial charge >= 0.3 is 0 Å². The van der Waals surface area contributed by atoms with E-state index in [1.807, 2.05) is 30.5 Å². The third-order valence-corrected chi connectivity index (χ3v) is 4.87. The number of carbonyl (C=O) groups excluding carboxylic acids is 1. The summed E-state index contributed by atoms with van der Waals surface area (Å²) in [6.07, 6.45) is 1.86. The number of benzene rings is 2. The van der Waals surface area contributed by atoms with E-state index >= 15 is 0 Å². The molecule has 7 nitrogen and oxygen atoms in total. The summed E-state index contributed by atoms with van der Waals surface area (Å²) in [6, 6.07) is 13.4. The molecule has 0 bridgehead atoms. The number of hydrogen-bond donors (Lipinski definition) is 1. The molecule has 0 radical (unpaired) electrons. The zero-order valence-electron chi connectivity index (χ0n) is 16.7. The van der Waals surface area contributed by atoms with Gasteiger partial charge in [0.1, 0.15) is 18.1 Å². The SMILES string of the molecule is COc1cccc(-c2cn(CC(=O)Nc3ccc(F)cc3)nc2N2CCOCC2)c1. The third kappa shape index (κ3) is 4.60. The molecule has 0 unspecified atom stereocenters. The minimum atomic E-state index is -0.349. The van der Waals surface area contributed by atoms with Crippen LogP contribution in [-0.4, -0.2) is 49.1 Å². The monoisotopic (exact) mass is 410 g/mol. The van der Waals surface area contributed by atoms with E-state index in [1.54, 1.807) is 11.8 Å². The van der Waals surface area contributed by atoms with Crippen LogP contribution in [0.2, 0.25) is 0 Å². The van der Waals surface area contributed by atoms with E-state index in [2.05, 4.69) is 15.3 Å². The predicted molar refractivity (Wildman–Crippen MR) is 112 cm³/mol. The Morgan fingerprint density at radius 3 is 2.70 bits per heavy atom. The molecule has 0 aliphatic carbocycles. The van der Waals surface area contributed by atoms with Gasteiger partial charge in [-0.15, -0.1) is 0 Å². The van der Waals surface area contributed by atoms with Crippen LogP contribution < -0.4 is 15.0 Å². The number of rotatable bonds is 6. The average molecular weight is 410 g/mol. The lowest BCUT2D eigenvalue weighted by molar-refractivity contribution is -0.116. The number of nitrogens with one attached hydrogen (secondary N) is 1. The molecular formula is C22H23FN4O3. The molecule has 0 atom stereocenters. The van der Waals surface area contributed by atoms with E-state index in [0.29, 0.717) is 18.9 Å². The Bertz CT molecular complexity index is 1010. The van der Waals surface area contributed by atoms with Crippen molar-refractivity contribution < 1.29 is 18.7 Å². The maximum Gasteiger partial charge on any atom is 0.246 e. The number of hydrogen-bond acceptors (Lipinski definition) is 5. The number of amides is 1. The van der Waals surface area contributed by atoms with Crippen LogP contribution in [0.3, 0.4) is 0 Å². The Morgan fingerprint density at radius 1 is 1.20 bits per heavy atom. The van der Waals surface area contributed by atoms with E-state index < -0.39 is 0 Å². The summed E-state index contributed by atoms with van der Waals surface area (Å²) >= 11 is 0. The summed E-state index contributed by atoms with van der Waals surface area (Å²) in [7, 11) is 1.63. The fourth-order valence-electron chi connectivity index (χ4n) is 3.38. The fraction of sp³-hybridized carbons (Fsp3) is 0.273. The fourth-order valence-corrected chi connectivity index (χ4v) is 3.38. The zero-order chi connectivity index (χ0) is 20.9. The topological polar surface area (TPSA) is 68.6 Å². The molecule has 1 N–H and O–H groups in total. The van der Waals surface area contributed by atoms with Crippen LogP contribution in [0.5, 0.6) is 5.75 Å². The highest BCUT2D eigenvalue weighted by Crippen LogP contribution is 2.32. The highest BCUT2D eigenvalue weighted by Gasteiger charge is 2.21. The summed E-state index contributed by atoms with van der Waals surface area (Å²) in [6.45, 7) is 2.77. The van der Waals surface area contributed by atoms with Gasteiger partial charge in [0.05, 0.1) is 20.3 Å². The Kier molecular flexibility index (Phi) is 5.94. The highest BCUT2D eigenvalue weighted by atomic mass is 19.1. The zero-order valence-corrected chi connectivity index (χ0v) is 16.7. The van der Waals surface area contributed by atoms with Gasteiger partial charge in [0.25, 0.3) is 0 Å². The van der Waals surface area contributed by atoms with E-state index in [0.717, 1.165) is 35.8 Å². The second kappa shape index (κ2) is 8.96. The number of halogens is 1. The maximum absolute atomic E-state index is 13.1. The van der Waals surface area contributed by atoms with E-state index in [-0.39, 0.29) is 18.3 Å². The summed E-state index contributed by atoms with van der Waals surface area (Å²) < 4.78 is 25.5. The van der Waals surface area contributed by atoms with Crippen LogP contribution in [0.1, 0.15) is 0 Å². The van der Waals surface area contributed by atoms with E-state index in [1.165, 1.54) is 24.3 Å². The van der Waals surface area contributed by atoms with Gasteiger partial charge in [-0.25, -0.2) is 4.39 Å². The standard InChI is InChI=1S/C22H23FN4O3/c1-29-19-4-2-3-16(13-19)20-14-27(25-22(20)26-9-11-30-12-10-26)15-21(28)24-18-7-5-17(23)6-8-18/h2-8,13-14H,9-12,15H2,1H3,(H,24,28). The lowest BCUT2D eigenvalue weighted by Crippen LogP contribution is -2.36. The number of morpholine rings is 1. The second-order valence-electron chi connectivity index (χ2n) is 6.95. The van der Waals surface area contributed by atoms with Gasteiger partial charge in [-0.2, -0.15) is 5.10 Å². The van der Waals surface area contributed by atoms with Gasteiger partial charge in [-0.1, -0.05) is 12.1 Å². The molecule has 1 aromatic heterocycles. The molecule has 0 spiro atoms. The van der Waals surface area contributed by atoms with Gasteiger partial charge in [0.2, 0.25) is 5.91 Å². The lowest BCUT2D eigenvalue weighted by atomic mass is 10.1. The van der Waals surface area contributed by atoms with Crippen LogP contribution in [-0.2, 0) is 16.1 Å². The van der Waals surface area contributed by atoms with Crippen molar-refractivity contribution in [3.63, 3.8) is 0 Å². The average Bonchev–Trinajstić information content (AvgIpc) is 3.19. The predicted octanol–water partition coefficient (Wildman–Crippen LogP) is 3.17. The van der Waals surface area contributed by atoms with Crippen molar-refractivity contribution in [1.29, 1.82) is 0 Å². The first-order chi connectivity index (χ1) is 14.6. The van der Waals surface area contributed by atoms with Crippen LogP contribution in [0.15, 0.2) is 54.7 Å². The Hall–Kier alpha value is -3.39. The maximum atomic E-state index is 13.1. The molecule has 2 heterocycles. The van der Waals surface area contributed by atoms with Crippen molar-refractivity contribution in [2.24, 2.45) is 0 Å². The van der Waals surface area contributed by atoms with Crippen molar-refractivity contribution in [2.45, 2.75) is 6.54 Å². The molecule has 1 fully saturated rings. The Balaban J connectivity index is 1.59. The molecule has 1 aliphatic rings. The number of aromatic nitrogens is 2. The lowest BCUT2D eigenvalue weighted by Gasteiger charge is -2.27. The second-order valence-corrected chi connectivity index (χ2v) is 6.95. The first-order valence-corrected chi connectivity index (χ1v) is 9.72. The molecule has 1 aliphatic heterocycles. The molecule has 3 aromatic rings. The molecule has 0 saturated carbocycles. The summed E-state index contributed by atoms with van der Waals surface area (Å²) in [5.74, 6) is 0.969. The quantitative estimate of drug-likeness (QED) is 0.676. The van der Waals surface area contributed by atoms with Gasteiger partial charge in [-0.05, 0) is 42.0 Å². The van der Waals surface area contributed by atoms with Crippen LogP contribution in [0, 0.1) is 5.82 Å². The molecular weight excluding hydrogens is 387 g/mol. The number of nitrogens with zero attached hydrogens (tertiary/aromatic N) is 3. The van der Waals surface area contributed by atoms with Crippen molar-refractivity contribution in [3.05, 3.63) is 60.5 Å².